The van der Waals surface area contributed by atoms with Crippen LogP contribution in [0.4, 0.5) is 11.4 Å². The van der Waals surface area contributed by atoms with Crippen molar-refractivity contribution < 1.29 is 0 Å². The molecule has 122 heavy (non-hydrogen) atoms. The van der Waals surface area contributed by atoms with Gasteiger partial charge in [-0.2, -0.15) is 0 Å². The Labute approximate surface area is 711 Å². The van der Waals surface area contributed by atoms with Crippen molar-refractivity contribution in [3.63, 3.8) is 0 Å². The maximum atomic E-state index is 7.77. The van der Waals surface area contributed by atoms with Crippen LogP contribution in [-0.4, -0.2) is 45.1 Å². The van der Waals surface area contributed by atoms with Crippen molar-refractivity contribution in [3.8, 4) is 22.7 Å². The van der Waals surface area contributed by atoms with Gasteiger partial charge in [-0.3, -0.25) is 0 Å². The monoisotopic (exact) mass is 1550 g/mol. The van der Waals surface area contributed by atoms with E-state index < -0.39 is 0 Å². The highest BCUT2D eigenvalue weighted by Gasteiger charge is 2.50. The molecule has 12 heterocycles. The summed E-state index contributed by atoms with van der Waals surface area (Å²) in [6.07, 6.45) is 0. The van der Waals surface area contributed by atoms with Crippen molar-refractivity contribution in [2.45, 2.75) is 90.9 Å². The molecule has 20 aromatic rings. The highest BCUT2D eigenvalue weighted by Crippen LogP contribution is 2.47. The van der Waals surface area contributed by atoms with Gasteiger partial charge in [-0.15, -0.1) is 0 Å². The Bertz CT molecular complexity index is 8260. The quantitative estimate of drug-likeness (QED) is 0.107. The van der Waals surface area contributed by atoms with E-state index in [4.69, 9.17) is 13.1 Å². The van der Waals surface area contributed by atoms with Gasteiger partial charge in [0.25, 0.3) is 0 Å². The van der Waals surface area contributed by atoms with E-state index in [0.717, 1.165) is 22.0 Å². The topological polar surface area (TPSA) is 28.4 Å². The van der Waals surface area contributed by atoms with Gasteiger partial charge in [0, 0.05) is 104 Å². The van der Waals surface area contributed by atoms with Gasteiger partial charge in [0.2, 0.25) is 26.9 Å². The number of aromatic nitrogens is 4. The van der Waals surface area contributed by atoms with E-state index in [2.05, 4.69) is 388 Å². The van der Waals surface area contributed by atoms with E-state index in [1.807, 2.05) is 24.3 Å². The van der Waals surface area contributed by atoms with Gasteiger partial charge >= 0.3 is 0 Å². The molecule has 4 aromatic heterocycles. The van der Waals surface area contributed by atoms with Gasteiger partial charge in [0.15, 0.2) is 11.4 Å². The molecule has 572 valence electrons. The average Bonchev–Trinajstić information content (AvgIpc) is 1.43. The van der Waals surface area contributed by atoms with Crippen LogP contribution >= 0.6 is 0 Å². The van der Waals surface area contributed by atoms with E-state index in [1.165, 1.54) is 215 Å². The summed E-state index contributed by atoms with van der Waals surface area (Å²) in [5, 5.41) is 10.1. The lowest BCUT2D eigenvalue weighted by Crippen LogP contribution is -2.63. The Hall–Kier alpha value is -14.0. The lowest BCUT2D eigenvalue weighted by atomic mass is 9.30. The van der Waals surface area contributed by atoms with Gasteiger partial charge in [0.05, 0.1) is 29.7 Å². The molecule has 16 aromatic carbocycles. The van der Waals surface area contributed by atoms with Crippen LogP contribution in [0.3, 0.4) is 0 Å². The molecule has 0 radical (unpaired) electrons. The fourth-order valence-corrected chi connectivity index (χ4v) is 25.0. The Balaban J connectivity index is 0.0000000896. The van der Waals surface area contributed by atoms with E-state index in [-0.39, 0.29) is 35.1 Å². The first-order chi connectivity index (χ1) is 59.4. The fraction of sp³-hybridized carbons (Fsp3) is 0.125. The summed E-state index contributed by atoms with van der Waals surface area (Å²) in [6.45, 7) is 39.7. The second-order valence-corrected chi connectivity index (χ2v) is 37.4. The van der Waals surface area contributed by atoms with Gasteiger partial charge in [-0.25, -0.2) is 9.69 Å². The van der Waals surface area contributed by atoms with E-state index >= 15 is 0 Å². The molecule has 8 aliphatic rings. The number of hydrogen-bond donors (Lipinski definition) is 0. The van der Waals surface area contributed by atoms with Crippen LogP contribution in [0.2, 0.25) is 0 Å². The third-order valence-electron chi connectivity index (χ3n) is 30.0. The second-order valence-electron chi connectivity index (χ2n) is 37.4. The van der Waals surface area contributed by atoms with Crippen LogP contribution in [-0.2, 0) is 21.7 Å². The zero-order chi connectivity index (χ0) is 82.2. The Kier molecular flexibility index (Phi) is 14.4. The van der Waals surface area contributed by atoms with Crippen LogP contribution in [0.1, 0.15) is 111 Å². The fourth-order valence-electron chi connectivity index (χ4n) is 25.0. The van der Waals surface area contributed by atoms with E-state index in [9.17, 15) is 0 Å². The molecule has 0 unspecified atom stereocenters. The molecule has 28 rings (SSSR count). The predicted octanol–water partition coefficient (Wildman–Crippen LogP) is 18.7. The van der Waals surface area contributed by atoms with E-state index in [0.29, 0.717) is 19.1 Å². The molecule has 0 aliphatic carbocycles. The highest BCUT2D eigenvalue weighted by molar-refractivity contribution is 7.01. The summed E-state index contributed by atoms with van der Waals surface area (Å²) in [7, 11) is 0. The summed E-state index contributed by atoms with van der Waals surface area (Å²) in [5.41, 5.74) is 48.1. The standard InChI is InChI=1S/2C28H19BN2.2C28H22BN/c1-28(2)18-10-4-5-12-20(18)29-21-13-6-9-17-25-22(30-3)14-8-15-23(25)31(27(17)21)24-16-7-11-19(28)26(24)29;1-28(2)20-9-4-5-11-22(20)29-23-12-6-8-18-19-16-17(30-3)14-15-24(19)31(27(18)23)25-13-7-10-21(28)26(25)29;1-17-15-21-26-25(16-17)30-24-14-7-4-9-18(24)19-10-8-13-23(27(19)30)29(26)22-12-6-5-11-20(22)28(21,2)3;1-17-15-16-21-25-26(17)30-24-14-7-4-9-18(24)19-10-8-13-23(27(19)30)29(25)22-12-6-5-11-20(22)28(21,2)3/h2*4-16H,1-2H3;2*4-16H,1-3H3. The number of aryl methyl sites for hydroxylation is 2. The van der Waals surface area contributed by atoms with Crippen molar-refractivity contribution in [3.05, 3.63) is 394 Å². The molecule has 6 nitrogen and oxygen atoms in total. The molecule has 0 N–H and O–H groups in total. The summed E-state index contributed by atoms with van der Waals surface area (Å²) in [5.74, 6) is 0. The molecule has 0 bridgehead atoms. The average molecular weight is 1560 g/mol. The third-order valence-corrected chi connectivity index (χ3v) is 30.0. The van der Waals surface area contributed by atoms with Crippen LogP contribution in [0.5, 0.6) is 0 Å². The number of para-hydroxylation sites is 6. The molecule has 0 atom stereocenters. The Morgan fingerprint density at radius 2 is 0.607 bits per heavy atom. The van der Waals surface area contributed by atoms with Crippen molar-refractivity contribution in [1.29, 1.82) is 0 Å². The number of fused-ring (bicyclic) bond motifs is 28. The Morgan fingerprint density at radius 3 is 1.11 bits per heavy atom. The van der Waals surface area contributed by atoms with Gasteiger partial charge in [0.1, 0.15) is 0 Å². The van der Waals surface area contributed by atoms with Gasteiger partial charge in [-0.1, -0.05) is 344 Å². The predicted molar refractivity (Wildman–Crippen MR) is 518 cm³/mol. The maximum absolute atomic E-state index is 7.77. The lowest BCUT2D eigenvalue weighted by molar-refractivity contribution is 0.644. The highest BCUT2D eigenvalue weighted by atomic mass is 15.0. The van der Waals surface area contributed by atoms with Crippen LogP contribution in [0.25, 0.3) is 120 Å². The minimum Gasteiger partial charge on any atom is -0.312 e. The summed E-state index contributed by atoms with van der Waals surface area (Å²) < 4.78 is 9.93. The first-order valence-corrected chi connectivity index (χ1v) is 43.3. The Morgan fingerprint density at radius 1 is 0.254 bits per heavy atom. The molecular weight excluding hydrogens is 1470 g/mol. The molecule has 0 amide bonds. The first kappa shape index (κ1) is 70.9. The van der Waals surface area contributed by atoms with Crippen LogP contribution in [0.15, 0.2) is 315 Å². The molecule has 0 saturated heterocycles. The summed E-state index contributed by atoms with van der Waals surface area (Å²) in [4.78, 5) is 7.56. The maximum Gasteiger partial charge on any atom is 0.247 e. The van der Waals surface area contributed by atoms with Crippen LogP contribution < -0.4 is 65.6 Å². The normalized spacial score (nSPS) is 15.1. The number of benzene rings is 16. The number of nitrogens with zero attached hydrogens (tertiary/aromatic N) is 6. The van der Waals surface area contributed by atoms with Crippen molar-refractivity contribution in [2.75, 3.05) is 0 Å². The molecule has 0 fully saturated rings. The third kappa shape index (κ3) is 9.01. The van der Waals surface area contributed by atoms with Crippen molar-refractivity contribution in [1.82, 2.24) is 18.3 Å². The molecule has 0 saturated carbocycles. The molecule has 8 aliphatic heterocycles. The molecule has 10 heteroatoms. The minimum absolute atomic E-state index is 0.0147. The largest absolute Gasteiger partial charge is 0.312 e. The number of rotatable bonds is 0. The van der Waals surface area contributed by atoms with Crippen molar-refractivity contribution >= 4 is 191 Å². The zero-order valence-corrected chi connectivity index (χ0v) is 70.0. The van der Waals surface area contributed by atoms with Gasteiger partial charge in [-0.05, 0) is 172 Å². The summed E-state index contributed by atoms with van der Waals surface area (Å²) in [6, 6.07) is 116. The van der Waals surface area contributed by atoms with E-state index in [1.54, 1.807) is 0 Å². The smallest absolute Gasteiger partial charge is 0.247 e. The summed E-state index contributed by atoms with van der Waals surface area (Å²) >= 11 is 0. The number of hydrogen-bond acceptors (Lipinski definition) is 0. The second kappa shape index (κ2) is 24.8. The lowest BCUT2D eigenvalue weighted by Gasteiger charge is -2.42. The molecular formula is C112H82B4N6. The van der Waals surface area contributed by atoms with Crippen molar-refractivity contribution in [2.24, 2.45) is 0 Å². The minimum atomic E-state index is -0.0610. The van der Waals surface area contributed by atoms with Gasteiger partial charge < -0.3 is 18.3 Å². The van der Waals surface area contributed by atoms with Crippen LogP contribution in [0, 0.1) is 27.0 Å². The first-order valence-electron chi connectivity index (χ1n) is 43.3. The zero-order valence-electron chi connectivity index (χ0n) is 70.0. The molecule has 0 spiro atoms. The SMILES string of the molecule is Cc1cc2c3c(c1)C(C)(C)c1ccccc1B3c1cccc3c4ccccc4n-2c13.Cc1ccc2c3c1-n1c4ccccc4c4cccc(c41)B3c1ccccc1C2(C)C.[C-]#[N+]c1ccc2c(c1)c1cccc3c1n2-c1cccc2c1B3c1ccccc1C2(C)C.[C-]#[N+]c1cccc2c1c1cccc3c1n2-c1cccc2c1B3c1ccccc1C2(C)C.